The molecule has 1 aromatic carbocycles. The number of nitrogens with one attached hydrogen (secondary N) is 2. The van der Waals surface area contributed by atoms with Crippen molar-refractivity contribution < 1.29 is 4.39 Å². The fraction of sp³-hybridized carbons (Fsp3) is 0.278. The van der Waals surface area contributed by atoms with Crippen LogP contribution in [-0.2, 0) is 13.1 Å². The molecule has 6 nitrogen and oxygen atoms in total. The molecule has 2 aromatic heterocycles. The lowest BCUT2D eigenvalue weighted by Gasteiger charge is -2.09. The van der Waals surface area contributed by atoms with Gasteiger partial charge in [0.05, 0.1) is 6.54 Å². The Morgan fingerprint density at radius 1 is 1.30 bits per heavy atom. The second kappa shape index (κ2) is 8.96. The van der Waals surface area contributed by atoms with Gasteiger partial charge in [-0.1, -0.05) is 17.7 Å². The van der Waals surface area contributed by atoms with E-state index in [0.717, 1.165) is 25.2 Å². The third-order valence-electron chi connectivity index (χ3n) is 4.03. The predicted molar refractivity (Wildman–Crippen MR) is 109 cm³/mol. The van der Waals surface area contributed by atoms with Crippen LogP contribution in [0.25, 0.3) is 0 Å². The summed E-state index contributed by atoms with van der Waals surface area (Å²) < 4.78 is 17.4. The van der Waals surface area contributed by atoms with E-state index in [1.165, 1.54) is 6.07 Å². The lowest BCUT2D eigenvalue weighted by molar-refractivity contribution is 0.561. The van der Waals surface area contributed by atoms with E-state index in [0.29, 0.717) is 21.5 Å². The lowest BCUT2D eigenvalue weighted by atomic mass is 10.2. The highest BCUT2D eigenvalue weighted by Gasteiger charge is 2.09. The van der Waals surface area contributed by atoms with Crippen LogP contribution in [0.5, 0.6) is 0 Å². The summed E-state index contributed by atoms with van der Waals surface area (Å²) >= 11 is 11.3. The maximum atomic E-state index is 13.9. The minimum absolute atomic E-state index is 0.247. The molecule has 0 bridgehead atoms. The highest BCUT2D eigenvalue weighted by molar-refractivity contribution is 7.80. The minimum Gasteiger partial charge on any atom is -0.362 e. The van der Waals surface area contributed by atoms with Gasteiger partial charge in [-0.15, -0.1) is 0 Å². The second-order valence-electron chi connectivity index (χ2n) is 6.03. The Kier molecular flexibility index (Phi) is 6.41. The van der Waals surface area contributed by atoms with Crippen LogP contribution < -0.4 is 10.6 Å². The zero-order valence-corrected chi connectivity index (χ0v) is 16.4. The minimum atomic E-state index is -0.350. The molecule has 0 radical (unpaired) electrons. The molecule has 0 spiro atoms. The maximum Gasteiger partial charge on any atom is 0.171 e. The van der Waals surface area contributed by atoms with Crippen molar-refractivity contribution in [1.29, 1.82) is 0 Å². The number of rotatable bonds is 7. The first-order valence-electron chi connectivity index (χ1n) is 8.52. The van der Waals surface area contributed by atoms with Crippen LogP contribution in [0.15, 0.2) is 42.7 Å². The molecule has 0 unspecified atom stereocenters. The molecule has 3 rings (SSSR count). The van der Waals surface area contributed by atoms with Crippen LogP contribution in [0.1, 0.15) is 17.7 Å². The third-order valence-corrected chi connectivity index (χ3v) is 4.63. The number of benzene rings is 1. The molecule has 9 heteroatoms. The van der Waals surface area contributed by atoms with Gasteiger partial charge in [0, 0.05) is 47.8 Å². The van der Waals surface area contributed by atoms with E-state index in [2.05, 4.69) is 20.8 Å². The van der Waals surface area contributed by atoms with Crippen LogP contribution in [-0.4, -0.2) is 31.2 Å². The van der Waals surface area contributed by atoms with E-state index in [1.54, 1.807) is 35.3 Å². The highest BCUT2D eigenvalue weighted by atomic mass is 35.5. The van der Waals surface area contributed by atoms with Crippen LogP contribution in [0.2, 0.25) is 5.02 Å². The molecule has 2 heterocycles. The van der Waals surface area contributed by atoms with Gasteiger partial charge in [0.1, 0.15) is 5.82 Å². The Bertz CT molecular complexity index is 902. The molecular weight excluding hydrogens is 387 g/mol. The number of anilines is 1. The van der Waals surface area contributed by atoms with Crippen LogP contribution >= 0.6 is 23.8 Å². The average Bonchev–Trinajstić information content (AvgIpc) is 3.24. The van der Waals surface area contributed by atoms with Gasteiger partial charge in [0.15, 0.2) is 10.9 Å². The normalized spacial score (nSPS) is 10.8. The number of aryl methyl sites for hydroxylation is 2. The smallest absolute Gasteiger partial charge is 0.171 e. The molecule has 0 fully saturated rings. The first-order chi connectivity index (χ1) is 13.0. The number of nitrogens with zero attached hydrogens (tertiary/aromatic N) is 4. The summed E-state index contributed by atoms with van der Waals surface area (Å²) in [5.74, 6) is 0.236. The molecule has 0 aliphatic carbocycles. The van der Waals surface area contributed by atoms with Gasteiger partial charge in [-0.25, -0.2) is 4.39 Å². The van der Waals surface area contributed by atoms with Crippen molar-refractivity contribution in [2.75, 3.05) is 11.9 Å². The fourth-order valence-electron chi connectivity index (χ4n) is 2.59. The molecule has 27 heavy (non-hydrogen) atoms. The molecule has 0 amide bonds. The van der Waals surface area contributed by atoms with Crippen molar-refractivity contribution in [2.45, 2.75) is 26.4 Å². The van der Waals surface area contributed by atoms with E-state index in [4.69, 9.17) is 23.8 Å². The zero-order chi connectivity index (χ0) is 19.2. The van der Waals surface area contributed by atoms with E-state index < -0.39 is 0 Å². The topological polar surface area (TPSA) is 59.7 Å². The van der Waals surface area contributed by atoms with E-state index in [1.807, 2.05) is 17.7 Å². The lowest BCUT2D eigenvalue weighted by Crippen LogP contribution is -2.30. The van der Waals surface area contributed by atoms with Gasteiger partial charge in [-0.05, 0) is 43.8 Å². The van der Waals surface area contributed by atoms with Gasteiger partial charge in [0.2, 0.25) is 0 Å². The van der Waals surface area contributed by atoms with Crippen molar-refractivity contribution in [2.24, 2.45) is 0 Å². The van der Waals surface area contributed by atoms with Crippen molar-refractivity contribution in [3.8, 4) is 0 Å². The quantitative estimate of drug-likeness (QED) is 0.463. The van der Waals surface area contributed by atoms with Gasteiger partial charge in [-0.2, -0.15) is 10.2 Å². The molecule has 0 atom stereocenters. The van der Waals surface area contributed by atoms with Crippen LogP contribution in [0.3, 0.4) is 0 Å². The average molecular weight is 407 g/mol. The molecular formula is C18H20ClFN6S. The monoisotopic (exact) mass is 406 g/mol. The summed E-state index contributed by atoms with van der Waals surface area (Å²) in [5, 5.41) is 15.6. The Balaban J connectivity index is 1.46. The zero-order valence-electron chi connectivity index (χ0n) is 14.8. The SMILES string of the molecule is Cc1ccnn1CCCNC(=S)Nc1ccn(Cc2c(F)cccc2Cl)n1. The number of hydrogen-bond acceptors (Lipinski definition) is 3. The molecule has 0 saturated carbocycles. The van der Waals surface area contributed by atoms with Gasteiger partial charge < -0.3 is 10.6 Å². The molecule has 0 saturated heterocycles. The van der Waals surface area contributed by atoms with Gasteiger partial charge in [-0.3, -0.25) is 9.36 Å². The number of thiocarbonyl (C=S) groups is 1. The van der Waals surface area contributed by atoms with Crippen molar-refractivity contribution in [3.63, 3.8) is 0 Å². The van der Waals surface area contributed by atoms with Crippen molar-refractivity contribution in [3.05, 3.63) is 64.8 Å². The third kappa shape index (κ3) is 5.27. The van der Waals surface area contributed by atoms with Crippen molar-refractivity contribution >= 4 is 34.7 Å². The summed E-state index contributed by atoms with van der Waals surface area (Å²) in [7, 11) is 0. The Morgan fingerprint density at radius 3 is 2.89 bits per heavy atom. The summed E-state index contributed by atoms with van der Waals surface area (Å²) in [5.41, 5.74) is 1.54. The first kappa shape index (κ1) is 19.3. The maximum absolute atomic E-state index is 13.9. The number of hydrogen-bond donors (Lipinski definition) is 2. The van der Waals surface area contributed by atoms with Crippen molar-refractivity contribution in [1.82, 2.24) is 24.9 Å². The Morgan fingerprint density at radius 2 is 2.15 bits per heavy atom. The standard InChI is InChI=1S/C18H20ClFN6S/c1-13-6-9-22-26(13)10-3-8-21-18(27)23-17-7-11-25(24-17)12-14-15(19)4-2-5-16(14)20/h2,4-7,9,11H,3,8,10,12H2,1H3,(H2,21,23,24,27). The predicted octanol–water partition coefficient (Wildman–Crippen LogP) is 3.61. The van der Waals surface area contributed by atoms with E-state index in [-0.39, 0.29) is 12.4 Å². The molecule has 142 valence electrons. The summed E-state index contributed by atoms with van der Waals surface area (Å²) in [4.78, 5) is 0. The van der Waals surface area contributed by atoms with E-state index in [9.17, 15) is 4.39 Å². The molecule has 0 aliphatic heterocycles. The fourth-order valence-corrected chi connectivity index (χ4v) is 3.02. The second-order valence-corrected chi connectivity index (χ2v) is 6.84. The van der Waals surface area contributed by atoms with Crippen LogP contribution in [0, 0.1) is 12.7 Å². The number of halogens is 2. The van der Waals surface area contributed by atoms with Gasteiger partial charge in [0.25, 0.3) is 0 Å². The van der Waals surface area contributed by atoms with E-state index >= 15 is 0 Å². The highest BCUT2D eigenvalue weighted by Crippen LogP contribution is 2.20. The van der Waals surface area contributed by atoms with Gasteiger partial charge >= 0.3 is 0 Å². The number of aromatic nitrogens is 4. The molecule has 0 aliphatic rings. The molecule has 2 N–H and O–H groups in total. The summed E-state index contributed by atoms with van der Waals surface area (Å²) in [6, 6.07) is 8.37. The Hall–Kier alpha value is -2.45. The Labute approximate surface area is 167 Å². The largest absolute Gasteiger partial charge is 0.362 e. The molecule has 3 aromatic rings. The first-order valence-corrected chi connectivity index (χ1v) is 9.31. The van der Waals surface area contributed by atoms with Crippen LogP contribution in [0.4, 0.5) is 10.2 Å². The summed E-state index contributed by atoms with van der Waals surface area (Å²) in [6.45, 7) is 3.82. The summed E-state index contributed by atoms with van der Waals surface area (Å²) in [6.07, 6.45) is 4.43.